The van der Waals surface area contributed by atoms with Gasteiger partial charge < -0.3 is 51.4 Å². The predicted molar refractivity (Wildman–Crippen MR) is 63.3 cm³/mol. The molecule has 0 rings (SSSR count). The molecule has 0 saturated heterocycles. The summed E-state index contributed by atoms with van der Waals surface area (Å²) in [5, 5.41) is 0. The summed E-state index contributed by atoms with van der Waals surface area (Å²) < 4.78 is 15.1. The first kappa shape index (κ1) is 42.9. The van der Waals surface area contributed by atoms with E-state index in [4.69, 9.17) is 9.79 Å². The normalized spacial score (nSPS) is 8.76. The van der Waals surface area contributed by atoms with Crippen molar-refractivity contribution in [1.29, 1.82) is 0 Å². The molecule has 0 aliphatic rings. The Kier molecular flexibility index (Phi) is 44.0. The van der Waals surface area contributed by atoms with Crippen molar-refractivity contribution in [3.05, 3.63) is 0 Å². The summed E-state index contributed by atoms with van der Waals surface area (Å²) in [6, 6.07) is 0. The second-order valence-corrected chi connectivity index (χ2v) is 4.58. The van der Waals surface area contributed by atoms with Gasteiger partial charge in [0.15, 0.2) is 0 Å². The Morgan fingerprint density at radius 2 is 1.41 bits per heavy atom. The van der Waals surface area contributed by atoms with Gasteiger partial charge >= 0.3 is 45.6 Å². The molecule has 9 nitrogen and oxygen atoms in total. The molecule has 0 aliphatic heterocycles. The Balaban J connectivity index is -0.0000000179. The minimum atomic E-state index is -4.26. The van der Waals surface area contributed by atoms with Crippen molar-refractivity contribution in [2.75, 3.05) is 34.3 Å². The molecule has 17 heavy (non-hydrogen) atoms. The van der Waals surface area contributed by atoms with Gasteiger partial charge in [-0.1, -0.05) is 0 Å². The number of phosphoric ester groups is 1. The summed E-state index contributed by atoms with van der Waals surface area (Å²) in [6.45, 7) is 0.652. The summed E-state index contributed by atoms with van der Waals surface area (Å²) in [4.78, 5) is 16.6. The number of hydrogen-bond donors (Lipinski definition) is 2. The van der Waals surface area contributed by atoms with Crippen molar-refractivity contribution in [3.63, 3.8) is 0 Å². The largest absolute Gasteiger partial charge is 2.00 e. The van der Waals surface area contributed by atoms with Gasteiger partial charge in [0.1, 0.15) is 13.2 Å². The van der Waals surface area contributed by atoms with Crippen LogP contribution in [0.2, 0.25) is 0 Å². The summed E-state index contributed by atoms with van der Waals surface area (Å²) >= 11 is 0. The van der Waals surface area contributed by atoms with E-state index in [1.165, 1.54) is 0 Å². The molecule has 0 aliphatic carbocycles. The molecule has 0 aromatic carbocycles. The third-order valence-electron chi connectivity index (χ3n) is 1.02. The van der Waals surface area contributed by atoms with Gasteiger partial charge in [-0.15, -0.1) is 0 Å². The van der Waals surface area contributed by atoms with Crippen molar-refractivity contribution < 1.29 is 60.5 Å². The van der Waals surface area contributed by atoms with E-state index in [0.29, 0.717) is 11.0 Å². The summed E-state index contributed by atoms with van der Waals surface area (Å²) in [6.07, 6.45) is 0. The van der Waals surface area contributed by atoms with Crippen LogP contribution in [0, 0.1) is 0 Å². The van der Waals surface area contributed by atoms with Gasteiger partial charge in [0.05, 0.1) is 21.1 Å². The Morgan fingerprint density at radius 1 is 1.12 bits per heavy atom. The van der Waals surface area contributed by atoms with Crippen LogP contribution in [-0.4, -0.2) is 108 Å². The smallest absolute Gasteiger partial charge is 1.00 e. The maximum Gasteiger partial charge on any atom is 2.00 e. The van der Waals surface area contributed by atoms with Gasteiger partial charge in [-0.25, -0.2) is 4.57 Å². The molecule has 0 aromatic rings. The van der Waals surface area contributed by atoms with E-state index in [-0.39, 0.29) is 81.5 Å². The molecule has 0 unspecified atom stereocenters. The first-order valence-electron chi connectivity index (χ1n) is 3.21. The molecule has 10 N–H and O–H groups in total. The summed E-state index contributed by atoms with van der Waals surface area (Å²) in [5.74, 6) is 0. The number of quaternary nitrogens is 1. The third-order valence-corrected chi connectivity index (χ3v) is 1.54. The molecule has 0 aromatic heterocycles. The molecule has 112 valence electrons. The average Bonchev–Trinajstić information content (AvgIpc) is 1.55. The van der Waals surface area contributed by atoms with Crippen LogP contribution in [0.15, 0.2) is 0 Å². The number of hydrogen-bond acceptors (Lipinski definition) is 2. The number of likely N-dealkylation sites (N-methyl/N-ethyl adjacent to an activating group) is 1. The maximum atomic E-state index is 10.2. The molecule has 0 fully saturated rings. The van der Waals surface area contributed by atoms with Gasteiger partial charge in [-0.2, -0.15) is 0 Å². The van der Waals surface area contributed by atoms with Crippen LogP contribution in [-0.2, 0) is 9.09 Å². The van der Waals surface area contributed by atoms with E-state index in [9.17, 15) is 4.57 Å². The van der Waals surface area contributed by atoms with E-state index < -0.39 is 7.82 Å². The monoisotopic (exact) mass is 333 g/mol. The first-order chi connectivity index (χ1) is 4.71. The van der Waals surface area contributed by atoms with Crippen LogP contribution in [0.1, 0.15) is 2.85 Å². The van der Waals surface area contributed by atoms with E-state index in [1.807, 2.05) is 21.1 Å². The topological polar surface area (TPSA) is 193 Å². The van der Waals surface area contributed by atoms with Crippen LogP contribution in [0.4, 0.5) is 0 Å². The molecule has 0 atom stereocenters. The molecule has 0 saturated carbocycles. The average molecular weight is 334 g/mol. The molecule has 12 heteroatoms. The second-order valence-electron chi connectivity index (χ2n) is 3.34. The van der Waals surface area contributed by atoms with Crippen LogP contribution >= 0.6 is 7.82 Å². The Labute approximate surface area is 140 Å². The van der Waals surface area contributed by atoms with Crippen molar-refractivity contribution in [2.24, 2.45) is 0 Å². The van der Waals surface area contributed by atoms with Gasteiger partial charge in [0.2, 0.25) is 0 Å². The van der Waals surface area contributed by atoms with Crippen LogP contribution in [0.3, 0.4) is 0 Å². The second kappa shape index (κ2) is 17.5. The minimum absolute atomic E-state index is 0. The Morgan fingerprint density at radius 3 is 1.59 bits per heavy atom. The van der Waals surface area contributed by atoms with E-state index in [0.717, 1.165) is 0 Å². The van der Waals surface area contributed by atoms with Crippen LogP contribution in [0.25, 0.3) is 0 Å². The van der Waals surface area contributed by atoms with Gasteiger partial charge in [-0.05, 0) is 0 Å². The minimum Gasteiger partial charge on any atom is -1.00 e. The summed E-state index contributed by atoms with van der Waals surface area (Å²) in [5.41, 5.74) is 0. The van der Waals surface area contributed by atoms with Crippen molar-refractivity contribution in [3.8, 4) is 0 Å². The fourth-order valence-corrected chi connectivity index (χ4v) is 0.753. The fraction of sp³-hybridized carbons (Fsp3) is 1.00. The SMILES string of the molecule is C[N+](C)(C)CCOP(=O)(O)O.O.O.O.O.[Ca+2].[Cl-].[H-].[H-]. The van der Waals surface area contributed by atoms with Crippen LogP contribution < -0.4 is 12.4 Å². The standard InChI is InChI=1S/C5H14NO4P.Ca.ClH.4H2O.2H/c1-6(2,3)4-5-10-11(7,8)9;;;;;;;;/h4-5H2,1-3H3,(H-,7,8,9);;1H;4*1H2;;/q;+2;;;;;;2*-1. The fourth-order valence-electron chi connectivity index (χ4n) is 0.434. The Hall–Kier alpha value is 1.46. The van der Waals surface area contributed by atoms with Gasteiger partial charge in [0, 0.05) is 0 Å². The van der Waals surface area contributed by atoms with Crippen molar-refractivity contribution in [1.82, 2.24) is 0 Å². The molecule has 0 radical (unpaired) electrons. The molecule has 0 heterocycles. The van der Waals surface area contributed by atoms with Crippen molar-refractivity contribution >= 4 is 45.6 Å². The zero-order valence-electron chi connectivity index (χ0n) is 12.1. The predicted octanol–water partition coefficient (Wildman–Crippen LogP) is -6.65. The molecular weight excluding hydrogens is 309 g/mol. The molecule has 0 amide bonds. The molecule has 0 spiro atoms. The number of halogens is 1. The van der Waals surface area contributed by atoms with E-state index in [2.05, 4.69) is 4.52 Å². The zero-order valence-corrected chi connectivity index (χ0v) is 14.0. The molecule has 0 bridgehead atoms. The number of phosphoric acid groups is 1. The van der Waals surface area contributed by atoms with E-state index in [1.54, 1.807) is 0 Å². The molecular formula is C5H25CaClNO8P. The quantitative estimate of drug-likeness (QED) is 0.293. The van der Waals surface area contributed by atoms with E-state index >= 15 is 0 Å². The third kappa shape index (κ3) is 46.6. The van der Waals surface area contributed by atoms with Gasteiger partial charge in [-0.3, -0.25) is 4.52 Å². The van der Waals surface area contributed by atoms with Gasteiger partial charge in [0.25, 0.3) is 0 Å². The number of nitrogens with zero attached hydrogens (tertiary/aromatic N) is 1. The Bertz CT molecular complexity index is 183. The number of rotatable bonds is 4. The first-order valence-corrected chi connectivity index (χ1v) is 4.74. The van der Waals surface area contributed by atoms with Crippen molar-refractivity contribution in [2.45, 2.75) is 0 Å². The maximum absolute atomic E-state index is 10.2. The van der Waals surface area contributed by atoms with Crippen LogP contribution in [0.5, 0.6) is 0 Å². The zero-order chi connectivity index (χ0) is 9.12. The summed E-state index contributed by atoms with van der Waals surface area (Å²) in [7, 11) is 1.50.